The number of aromatic amines is 1. The maximum absolute atomic E-state index is 13.3. The number of hydrogen-bond acceptors (Lipinski definition) is 3. The molecule has 0 fully saturated rings. The molecule has 0 radical (unpaired) electrons. The van der Waals surface area contributed by atoms with Crippen molar-refractivity contribution in [3.8, 4) is 22.8 Å². The molecule has 2 aromatic carbocycles. The van der Waals surface area contributed by atoms with Crippen LogP contribution in [0.4, 0.5) is 8.78 Å². The molecular formula is C24H19F2N3O2. The van der Waals surface area contributed by atoms with E-state index in [2.05, 4.69) is 15.3 Å². The molecule has 2 N–H and O–H groups in total. The summed E-state index contributed by atoms with van der Waals surface area (Å²) in [7, 11) is 0. The average Bonchev–Trinajstić information content (AvgIpc) is 3.28. The normalized spacial score (nSPS) is 10.7. The standard InChI is InChI=1S/C24H19F2N3O2/c1-15-21(24(30)29-13-16-9-18(25)11-19(26)10-16)3-2-4-23(15)31-20-6-8-28-22(12-20)17-5-7-27-14-17/h2-12,14,27H,13H2,1H3,(H,29,30). The fourth-order valence-electron chi connectivity index (χ4n) is 3.20. The van der Waals surface area contributed by atoms with Gasteiger partial charge in [0.05, 0.1) is 5.69 Å². The van der Waals surface area contributed by atoms with Gasteiger partial charge in [-0.25, -0.2) is 8.78 Å². The molecule has 31 heavy (non-hydrogen) atoms. The Morgan fingerprint density at radius 3 is 2.65 bits per heavy atom. The van der Waals surface area contributed by atoms with Crippen molar-refractivity contribution in [2.45, 2.75) is 13.5 Å². The van der Waals surface area contributed by atoms with Gasteiger partial charge in [-0.3, -0.25) is 9.78 Å². The van der Waals surface area contributed by atoms with Crippen LogP contribution in [-0.2, 0) is 6.54 Å². The van der Waals surface area contributed by atoms with E-state index >= 15 is 0 Å². The van der Waals surface area contributed by atoms with Crippen molar-refractivity contribution in [3.63, 3.8) is 0 Å². The largest absolute Gasteiger partial charge is 0.457 e. The van der Waals surface area contributed by atoms with Crippen LogP contribution < -0.4 is 10.1 Å². The first-order valence-corrected chi connectivity index (χ1v) is 9.59. The third-order valence-corrected chi connectivity index (χ3v) is 4.76. The van der Waals surface area contributed by atoms with Crippen LogP contribution in [0.25, 0.3) is 11.3 Å². The van der Waals surface area contributed by atoms with Gasteiger partial charge in [-0.1, -0.05) is 6.07 Å². The maximum atomic E-state index is 13.3. The molecular weight excluding hydrogens is 400 g/mol. The second kappa shape index (κ2) is 8.79. The summed E-state index contributed by atoms with van der Waals surface area (Å²) >= 11 is 0. The summed E-state index contributed by atoms with van der Waals surface area (Å²) < 4.78 is 32.7. The number of amides is 1. The molecule has 7 heteroatoms. The van der Waals surface area contributed by atoms with Gasteiger partial charge in [-0.15, -0.1) is 0 Å². The number of carbonyl (C=O) groups is 1. The van der Waals surface area contributed by atoms with E-state index < -0.39 is 11.6 Å². The van der Waals surface area contributed by atoms with Gasteiger partial charge in [-0.05, 0) is 48.9 Å². The molecule has 5 nitrogen and oxygen atoms in total. The van der Waals surface area contributed by atoms with E-state index in [9.17, 15) is 13.6 Å². The molecule has 0 saturated heterocycles. The van der Waals surface area contributed by atoms with Gasteiger partial charge in [0.15, 0.2) is 0 Å². The number of carbonyl (C=O) groups excluding carboxylic acids is 1. The van der Waals surface area contributed by atoms with Gasteiger partial charge in [0.1, 0.15) is 23.1 Å². The Morgan fingerprint density at radius 2 is 1.90 bits per heavy atom. The van der Waals surface area contributed by atoms with Crippen molar-refractivity contribution in [2.75, 3.05) is 0 Å². The number of hydrogen-bond donors (Lipinski definition) is 2. The van der Waals surface area contributed by atoms with Crippen LogP contribution in [0.2, 0.25) is 0 Å². The van der Waals surface area contributed by atoms with Gasteiger partial charge in [-0.2, -0.15) is 0 Å². The van der Waals surface area contributed by atoms with E-state index in [1.54, 1.807) is 37.4 Å². The monoisotopic (exact) mass is 419 g/mol. The SMILES string of the molecule is Cc1c(Oc2ccnc(-c3cc[nH]c3)c2)cccc1C(=O)NCc1cc(F)cc(F)c1. The quantitative estimate of drug-likeness (QED) is 0.441. The van der Waals surface area contributed by atoms with Crippen LogP contribution in [0.1, 0.15) is 21.5 Å². The topological polar surface area (TPSA) is 67.0 Å². The minimum Gasteiger partial charge on any atom is -0.457 e. The molecule has 0 spiro atoms. The van der Waals surface area contributed by atoms with Crippen LogP contribution in [0.5, 0.6) is 11.5 Å². The highest BCUT2D eigenvalue weighted by molar-refractivity contribution is 5.96. The smallest absolute Gasteiger partial charge is 0.251 e. The molecule has 0 aliphatic carbocycles. The van der Waals surface area contributed by atoms with Gasteiger partial charge in [0.2, 0.25) is 0 Å². The third-order valence-electron chi connectivity index (χ3n) is 4.76. The number of rotatable bonds is 6. The highest BCUT2D eigenvalue weighted by Crippen LogP contribution is 2.29. The van der Waals surface area contributed by atoms with Gasteiger partial charge in [0, 0.05) is 54.0 Å². The summed E-state index contributed by atoms with van der Waals surface area (Å²) in [4.78, 5) is 20.0. The van der Waals surface area contributed by atoms with E-state index in [1.165, 1.54) is 12.1 Å². The predicted octanol–water partition coefficient (Wildman–Crippen LogP) is 5.39. The number of ether oxygens (including phenoxy) is 1. The fourth-order valence-corrected chi connectivity index (χ4v) is 3.20. The van der Waals surface area contributed by atoms with Gasteiger partial charge in [0.25, 0.3) is 5.91 Å². The second-order valence-electron chi connectivity index (χ2n) is 6.97. The van der Waals surface area contributed by atoms with Gasteiger partial charge < -0.3 is 15.0 Å². The van der Waals surface area contributed by atoms with Crippen LogP contribution in [0, 0.1) is 18.6 Å². The first kappa shape index (κ1) is 20.3. The zero-order valence-electron chi connectivity index (χ0n) is 16.7. The highest BCUT2D eigenvalue weighted by Gasteiger charge is 2.14. The molecule has 0 atom stereocenters. The van der Waals surface area contributed by atoms with Crippen molar-refractivity contribution in [1.29, 1.82) is 0 Å². The van der Waals surface area contributed by atoms with Crippen LogP contribution in [0.15, 0.2) is 73.2 Å². The molecule has 0 unspecified atom stereocenters. The first-order chi connectivity index (χ1) is 15.0. The zero-order chi connectivity index (χ0) is 21.8. The first-order valence-electron chi connectivity index (χ1n) is 9.59. The Morgan fingerprint density at radius 1 is 1.10 bits per heavy atom. The molecule has 156 valence electrons. The lowest BCUT2D eigenvalue weighted by Crippen LogP contribution is -2.23. The summed E-state index contributed by atoms with van der Waals surface area (Å²) in [5.74, 6) is -0.632. The van der Waals surface area contributed by atoms with E-state index in [-0.39, 0.29) is 12.5 Å². The van der Waals surface area contributed by atoms with E-state index in [0.717, 1.165) is 17.3 Å². The summed E-state index contributed by atoms with van der Waals surface area (Å²) in [6.45, 7) is 1.78. The van der Waals surface area contributed by atoms with Crippen LogP contribution >= 0.6 is 0 Å². The summed E-state index contributed by atoms with van der Waals surface area (Å²) in [5.41, 5.74) is 3.08. The van der Waals surface area contributed by atoms with Crippen molar-refractivity contribution in [3.05, 3.63) is 102 Å². The maximum Gasteiger partial charge on any atom is 0.251 e. The van der Waals surface area contributed by atoms with Crippen molar-refractivity contribution in [1.82, 2.24) is 15.3 Å². The molecule has 4 aromatic rings. The van der Waals surface area contributed by atoms with Crippen molar-refractivity contribution >= 4 is 5.91 Å². The van der Waals surface area contributed by atoms with E-state index in [4.69, 9.17) is 4.74 Å². The number of H-pyrrole nitrogens is 1. The number of pyridine rings is 1. The molecule has 0 aliphatic rings. The fraction of sp³-hybridized carbons (Fsp3) is 0.0833. The lowest BCUT2D eigenvalue weighted by molar-refractivity contribution is 0.0950. The number of nitrogens with one attached hydrogen (secondary N) is 2. The molecule has 2 heterocycles. The molecule has 2 aromatic heterocycles. The van der Waals surface area contributed by atoms with Gasteiger partial charge >= 0.3 is 0 Å². The average molecular weight is 419 g/mol. The molecule has 0 bridgehead atoms. The number of halogens is 2. The van der Waals surface area contributed by atoms with Crippen molar-refractivity contribution in [2.24, 2.45) is 0 Å². The minimum absolute atomic E-state index is 0.00240. The lowest BCUT2D eigenvalue weighted by Gasteiger charge is -2.13. The Labute approximate surface area is 177 Å². The Bertz CT molecular complexity index is 1200. The second-order valence-corrected chi connectivity index (χ2v) is 6.97. The Balaban J connectivity index is 1.50. The third kappa shape index (κ3) is 4.78. The predicted molar refractivity (Wildman–Crippen MR) is 113 cm³/mol. The van der Waals surface area contributed by atoms with E-state index in [0.29, 0.717) is 28.2 Å². The van der Waals surface area contributed by atoms with Crippen LogP contribution in [-0.4, -0.2) is 15.9 Å². The highest BCUT2D eigenvalue weighted by atomic mass is 19.1. The number of nitrogens with zero attached hydrogens (tertiary/aromatic N) is 1. The molecule has 1 amide bonds. The minimum atomic E-state index is -0.688. The van der Waals surface area contributed by atoms with E-state index in [1.807, 2.05) is 24.5 Å². The summed E-state index contributed by atoms with van der Waals surface area (Å²) in [6.07, 6.45) is 5.31. The molecule has 0 aliphatic heterocycles. The zero-order valence-corrected chi connectivity index (χ0v) is 16.7. The Hall–Kier alpha value is -4.00. The summed E-state index contributed by atoms with van der Waals surface area (Å²) in [6, 6.07) is 13.8. The van der Waals surface area contributed by atoms with Crippen molar-refractivity contribution < 1.29 is 18.3 Å². The summed E-state index contributed by atoms with van der Waals surface area (Å²) in [5, 5.41) is 2.69. The molecule has 0 saturated carbocycles. The molecule has 4 rings (SSSR count). The lowest BCUT2D eigenvalue weighted by atomic mass is 10.1. The van der Waals surface area contributed by atoms with Crippen LogP contribution in [0.3, 0.4) is 0 Å². The number of aromatic nitrogens is 2. The Kier molecular flexibility index (Phi) is 5.75. The number of benzene rings is 2.